The monoisotopic (exact) mass is 378 g/mol. The fourth-order valence-electron chi connectivity index (χ4n) is 3.43. The first kappa shape index (κ1) is 19.8. The highest BCUT2D eigenvalue weighted by Gasteiger charge is 2.25. The lowest BCUT2D eigenvalue weighted by Crippen LogP contribution is -2.42. The molecule has 2 aromatic carbocycles. The predicted molar refractivity (Wildman–Crippen MR) is 109 cm³/mol. The minimum Gasteiger partial charge on any atom is -0.396 e. The molecule has 0 atom stereocenters. The van der Waals surface area contributed by atoms with Gasteiger partial charge in [0.15, 0.2) is 0 Å². The molecule has 28 heavy (non-hydrogen) atoms. The molecule has 0 bridgehead atoms. The number of rotatable bonds is 6. The van der Waals surface area contributed by atoms with Gasteiger partial charge in [-0.15, -0.1) is 0 Å². The van der Waals surface area contributed by atoms with Gasteiger partial charge in [0, 0.05) is 25.3 Å². The molecule has 1 heterocycles. The van der Waals surface area contributed by atoms with Crippen molar-refractivity contribution < 1.29 is 14.7 Å². The molecule has 1 fully saturated rings. The van der Waals surface area contributed by atoms with Gasteiger partial charge in [-0.2, -0.15) is 0 Å². The standard InChI is InChI=1S/C23H26N2O3/c26-16-13-18-11-14-25(15-12-18)23(28)21(17-19-7-3-1-4-8-19)24-22(27)20-9-5-2-6-10-20/h1-10,17-18,26H,11-16H2,(H,24,27). The molecule has 2 N–H and O–H groups in total. The Morgan fingerprint density at radius 2 is 1.61 bits per heavy atom. The average Bonchev–Trinajstić information content (AvgIpc) is 2.75. The summed E-state index contributed by atoms with van der Waals surface area (Å²) in [6, 6.07) is 18.4. The van der Waals surface area contributed by atoms with Gasteiger partial charge in [0.05, 0.1) is 0 Å². The number of likely N-dealkylation sites (tertiary alicyclic amines) is 1. The Balaban J connectivity index is 1.77. The molecule has 5 nitrogen and oxygen atoms in total. The molecule has 1 aliphatic heterocycles. The molecule has 2 amide bonds. The number of hydrogen-bond acceptors (Lipinski definition) is 3. The van der Waals surface area contributed by atoms with Gasteiger partial charge in [-0.1, -0.05) is 48.5 Å². The Morgan fingerprint density at radius 3 is 2.21 bits per heavy atom. The summed E-state index contributed by atoms with van der Waals surface area (Å²) in [4.78, 5) is 27.5. The molecule has 0 aromatic heterocycles. The Kier molecular flexibility index (Phi) is 6.98. The fraction of sp³-hybridized carbons (Fsp3) is 0.304. The van der Waals surface area contributed by atoms with Crippen LogP contribution in [0.5, 0.6) is 0 Å². The van der Waals surface area contributed by atoms with Gasteiger partial charge in [0.25, 0.3) is 11.8 Å². The van der Waals surface area contributed by atoms with Crippen LogP contribution in [-0.4, -0.2) is 41.5 Å². The Morgan fingerprint density at radius 1 is 1.00 bits per heavy atom. The summed E-state index contributed by atoms with van der Waals surface area (Å²) in [6.45, 7) is 1.46. The summed E-state index contributed by atoms with van der Waals surface area (Å²) in [5.41, 5.74) is 1.64. The van der Waals surface area contributed by atoms with E-state index in [9.17, 15) is 9.59 Å². The number of aliphatic hydroxyl groups is 1. The van der Waals surface area contributed by atoms with Crippen LogP contribution in [0.4, 0.5) is 0 Å². The van der Waals surface area contributed by atoms with Crippen molar-refractivity contribution in [3.05, 3.63) is 77.5 Å². The minimum atomic E-state index is -0.300. The van der Waals surface area contributed by atoms with E-state index in [0.717, 1.165) is 24.8 Å². The number of hydrogen-bond donors (Lipinski definition) is 2. The first-order chi connectivity index (χ1) is 13.7. The topological polar surface area (TPSA) is 69.6 Å². The number of aliphatic hydroxyl groups excluding tert-OH is 1. The second-order valence-electron chi connectivity index (χ2n) is 7.04. The van der Waals surface area contributed by atoms with E-state index in [1.54, 1.807) is 35.2 Å². The first-order valence-corrected chi connectivity index (χ1v) is 9.70. The number of piperidine rings is 1. The predicted octanol–water partition coefficient (Wildman–Crippen LogP) is 3.08. The molecule has 0 unspecified atom stereocenters. The largest absolute Gasteiger partial charge is 0.396 e. The number of nitrogens with one attached hydrogen (secondary N) is 1. The van der Waals surface area contributed by atoms with Gasteiger partial charge in [-0.25, -0.2) is 0 Å². The molecule has 1 saturated heterocycles. The normalized spacial score (nSPS) is 15.3. The minimum absolute atomic E-state index is 0.171. The second kappa shape index (κ2) is 9.85. The Labute approximate surface area is 165 Å². The van der Waals surface area contributed by atoms with Crippen molar-refractivity contribution >= 4 is 17.9 Å². The maximum Gasteiger partial charge on any atom is 0.270 e. The van der Waals surface area contributed by atoms with Crippen LogP contribution in [0, 0.1) is 5.92 Å². The van der Waals surface area contributed by atoms with E-state index in [1.807, 2.05) is 36.4 Å². The number of benzene rings is 2. The lowest BCUT2D eigenvalue weighted by molar-refractivity contribution is -0.128. The zero-order valence-corrected chi connectivity index (χ0v) is 15.9. The third kappa shape index (κ3) is 5.30. The quantitative estimate of drug-likeness (QED) is 0.759. The van der Waals surface area contributed by atoms with Crippen molar-refractivity contribution in [2.75, 3.05) is 19.7 Å². The molecular weight excluding hydrogens is 352 g/mol. The molecule has 0 saturated carbocycles. The van der Waals surface area contributed by atoms with Crippen LogP contribution in [-0.2, 0) is 4.79 Å². The van der Waals surface area contributed by atoms with Crippen molar-refractivity contribution in [1.29, 1.82) is 0 Å². The highest BCUT2D eigenvalue weighted by molar-refractivity contribution is 6.05. The van der Waals surface area contributed by atoms with Gasteiger partial charge in [0.1, 0.15) is 5.70 Å². The Bertz CT molecular complexity index is 810. The van der Waals surface area contributed by atoms with Crippen LogP contribution >= 0.6 is 0 Å². The van der Waals surface area contributed by atoms with E-state index in [-0.39, 0.29) is 24.1 Å². The van der Waals surface area contributed by atoms with E-state index in [1.165, 1.54) is 0 Å². The van der Waals surface area contributed by atoms with Crippen LogP contribution in [0.15, 0.2) is 66.4 Å². The van der Waals surface area contributed by atoms with Crippen molar-refractivity contribution in [1.82, 2.24) is 10.2 Å². The van der Waals surface area contributed by atoms with Gasteiger partial charge in [-0.05, 0) is 49.0 Å². The van der Waals surface area contributed by atoms with E-state index < -0.39 is 0 Å². The van der Waals surface area contributed by atoms with Crippen molar-refractivity contribution in [2.24, 2.45) is 5.92 Å². The zero-order chi connectivity index (χ0) is 19.8. The Hall–Kier alpha value is -2.92. The van der Waals surface area contributed by atoms with Crippen LogP contribution < -0.4 is 5.32 Å². The summed E-state index contributed by atoms with van der Waals surface area (Å²) in [6.07, 6.45) is 4.25. The van der Waals surface area contributed by atoms with Crippen LogP contribution in [0.2, 0.25) is 0 Å². The summed E-state index contributed by atoms with van der Waals surface area (Å²) < 4.78 is 0. The average molecular weight is 378 g/mol. The molecule has 146 valence electrons. The van der Waals surface area contributed by atoms with Crippen LogP contribution in [0.3, 0.4) is 0 Å². The SMILES string of the molecule is O=C(NC(=Cc1ccccc1)C(=O)N1CCC(CCO)CC1)c1ccccc1. The van der Waals surface area contributed by atoms with Crippen molar-refractivity contribution in [2.45, 2.75) is 19.3 Å². The smallest absolute Gasteiger partial charge is 0.270 e. The number of carbonyl (C=O) groups is 2. The molecule has 0 radical (unpaired) electrons. The molecule has 2 aromatic rings. The number of carbonyl (C=O) groups excluding carboxylic acids is 2. The molecule has 1 aliphatic rings. The molecule has 5 heteroatoms. The third-order valence-corrected chi connectivity index (χ3v) is 5.06. The zero-order valence-electron chi connectivity index (χ0n) is 15.9. The van der Waals surface area contributed by atoms with E-state index in [0.29, 0.717) is 24.6 Å². The van der Waals surface area contributed by atoms with Gasteiger partial charge in [-0.3, -0.25) is 9.59 Å². The van der Waals surface area contributed by atoms with E-state index in [2.05, 4.69) is 5.32 Å². The molecule has 3 rings (SSSR count). The number of amides is 2. The van der Waals surface area contributed by atoms with Crippen LogP contribution in [0.1, 0.15) is 35.2 Å². The van der Waals surface area contributed by atoms with Gasteiger partial charge < -0.3 is 15.3 Å². The van der Waals surface area contributed by atoms with E-state index in [4.69, 9.17) is 5.11 Å². The lowest BCUT2D eigenvalue weighted by atomic mass is 9.94. The summed E-state index contributed by atoms with van der Waals surface area (Å²) in [5, 5.41) is 11.9. The highest BCUT2D eigenvalue weighted by Crippen LogP contribution is 2.21. The third-order valence-electron chi connectivity index (χ3n) is 5.06. The van der Waals surface area contributed by atoms with Crippen LogP contribution in [0.25, 0.3) is 6.08 Å². The summed E-state index contributed by atoms with van der Waals surface area (Å²) in [7, 11) is 0. The second-order valence-corrected chi connectivity index (χ2v) is 7.04. The maximum atomic E-state index is 13.1. The molecule has 0 spiro atoms. The van der Waals surface area contributed by atoms with Crippen molar-refractivity contribution in [3.8, 4) is 0 Å². The fourth-order valence-corrected chi connectivity index (χ4v) is 3.43. The molecular formula is C23H26N2O3. The van der Waals surface area contributed by atoms with Gasteiger partial charge in [0.2, 0.25) is 0 Å². The summed E-state index contributed by atoms with van der Waals surface area (Å²) >= 11 is 0. The lowest BCUT2D eigenvalue weighted by Gasteiger charge is -2.32. The molecule has 0 aliphatic carbocycles. The van der Waals surface area contributed by atoms with Gasteiger partial charge >= 0.3 is 0 Å². The summed E-state index contributed by atoms with van der Waals surface area (Å²) in [5.74, 6) is -0.0172. The van der Waals surface area contributed by atoms with E-state index >= 15 is 0 Å². The van der Waals surface area contributed by atoms with Crippen molar-refractivity contribution in [3.63, 3.8) is 0 Å². The number of nitrogens with zero attached hydrogens (tertiary/aromatic N) is 1. The maximum absolute atomic E-state index is 13.1. The highest BCUT2D eigenvalue weighted by atomic mass is 16.3. The first-order valence-electron chi connectivity index (χ1n) is 9.70.